The van der Waals surface area contributed by atoms with Gasteiger partial charge in [0.1, 0.15) is 17.2 Å². The van der Waals surface area contributed by atoms with E-state index < -0.39 is 12.1 Å². The average Bonchev–Trinajstić information content (AvgIpc) is 3.29. The van der Waals surface area contributed by atoms with E-state index >= 15 is 0 Å². The lowest BCUT2D eigenvalue weighted by Gasteiger charge is -2.20. The summed E-state index contributed by atoms with van der Waals surface area (Å²) in [7, 11) is 0. The average molecular weight is 332 g/mol. The molecule has 1 aliphatic rings. The van der Waals surface area contributed by atoms with Crippen LogP contribution in [0, 0.1) is 6.92 Å². The van der Waals surface area contributed by atoms with Gasteiger partial charge in [-0.15, -0.1) is 0 Å². The maximum absolute atomic E-state index is 12.5. The minimum absolute atomic E-state index is 0.00350. The van der Waals surface area contributed by atoms with Crippen LogP contribution in [0.15, 0.2) is 30.3 Å². The monoisotopic (exact) mass is 332 g/mol. The van der Waals surface area contributed by atoms with Gasteiger partial charge in [0.25, 0.3) is 0 Å². The van der Waals surface area contributed by atoms with Crippen LogP contribution < -0.4 is 4.90 Å². The summed E-state index contributed by atoms with van der Waals surface area (Å²) < 4.78 is 9.44. The zero-order valence-corrected chi connectivity index (χ0v) is 13.4. The molecule has 0 unspecified atom stereocenters. The Morgan fingerprint density at radius 1 is 1.35 bits per heavy atom. The van der Waals surface area contributed by atoms with Crippen LogP contribution in [-0.4, -0.2) is 27.6 Å². The first-order chi connectivity index (χ1) is 11.1. The zero-order valence-electron chi connectivity index (χ0n) is 12.6. The van der Waals surface area contributed by atoms with Gasteiger partial charge in [-0.05, 0) is 36.9 Å². The summed E-state index contributed by atoms with van der Waals surface area (Å²) in [4.78, 5) is 25.4. The third-order valence-corrected chi connectivity index (χ3v) is 4.53. The molecule has 0 bridgehead atoms. The molecule has 1 aliphatic carbocycles. The molecule has 2 aromatic rings. The van der Waals surface area contributed by atoms with E-state index in [0.29, 0.717) is 10.7 Å². The van der Waals surface area contributed by atoms with Crippen molar-refractivity contribution in [1.82, 2.24) is 4.37 Å². The summed E-state index contributed by atoms with van der Waals surface area (Å²) in [5.41, 5.74) is 1.38. The number of nitrogens with zero attached hydrogens (tertiary/aromatic N) is 2. The summed E-state index contributed by atoms with van der Waals surface area (Å²) in [5, 5.41) is 9.72. The smallest absolute Gasteiger partial charge is 0.415 e. The zero-order chi connectivity index (χ0) is 16.4. The van der Waals surface area contributed by atoms with Crippen LogP contribution in [0.5, 0.6) is 0 Å². The van der Waals surface area contributed by atoms with E-state index in [1.54, 1.807) is 6.92 Å². The largest absolute Gasteiger partial charge is 0.478 e. The number of ether oxygens (including phenoxy) is 1. The number of aromatic carboxylic acids is 1. The number of hydrogen-bond donors (Lipinski definition) is 1. The highest BCUT2D eigenvalue weighted by molar-refractivity contribution is 7.11. The van der Waals surface area contributed by atoms with Crippen LogP contribution in [0.4, 0.5) is 9.80 Å². The number of hydrogen-bond acceptors (Lipinski definition) is 5. The lowest BCUT2D eigenvalue weighted by atomic mass is 10.2. The standard InChI is InChI=1S/C16H16N2O4S/c1-10-13(15(19)20)14(23-17-10)18(12-7-8-12)16(21)22-9-11-5-3-2-4-6-11/h2-6,12H,7-9H2,1H3,(H,19,20). The lowest BCUT2D eigenvalue weighted by molar-refractivity contribution is 0.0697. The van der Waals surface area contributed by atoms with Crippen LogP contribution in [0.2, 0.25) is 0 Å². The number of anilines is 1. The number of carbonyl (C=O) groups is 2. The molecule has 0 saturated heterocycles. The summed E-state index contributed by atoms with van der Waals surface area (Å²) in [5.74, 6) is -1.08. The molecule has 120 valence electrons. The molecule has 1 saturated carbocycles. The predicted octanol–water partition coefficient (Wildman–Crippen LogP) is 3.46. The molecule has 7 heteroatoms. The van der Waals surface area contributed by atoms with Gasteiger partial charge in [0, 0.05) is 6.04 Å². The van der Waals surface area contributed by atoms with E-state index in [-0.39, 0.29) is 18.2 Å². The first-order valence-electron chi connectivity index (χ1n) is 7.27. The van der Waals surface area contributed by atoms with Crippen molar-refractivity contribution in [3.8, 4) is 0 Å². The fraction of sp³-hybridized carbons (Fsp3) is 0.312. The number of aromatic nitrogens is 1. The van der Waals surface area contributed by atoms with Crippen LogP contribution in [-0.2, 0) is 11.3 Å². The molecule has 0 atom stereocenters. The minimum Gasteiger partial charge on any atom is -0.478 e. The highest BCUT2D eigenvalue weighted by Gasteiger charge is 2.38. The molecule has 1 aromatic heterocycles. The third kappa shape index (κ3) is 3.34. The molecule has 3 rings (SSSR count). The molecule has 1 fully saturated rings. The Morgan fingerprint density at radius 2 is 2.04 bits per heavy atom. The number of benzene rings is 1. The Morgan fingerprint density at radius 3 is 2.65 bits per heavy atom. The summed E-state index contributed by atoms with van der Waals surface area (Å²) >= 11 is 1.03. The van der Waals surface area contributed by atoms with Crippen molar-refractivity contribution in [3.63, 3.8) is 0 Å². The van der Waals surface area contributed by atoms with Gasteiger partial charge in [-0.1, -0.05) is 30.3 Å². The Balaban J connectivity index is 1.79. The maximum atomic E-state index is 12.5. The van der Waals surface area contributed by atoms with Crippen LogP contribution in [0.3, 0.4) is 0 Å². The SMILES string of the molecule is Cc1nsc(N(C(=O)OCc2ccccc2)C2CC2)c1C(=O)O. The van der Waals surface area contributed by atoms with Crippen LogP contribution in [0.1, 0.15) is 34.5 Å². The second-order valence-corrected chi connectivity index (χ2v) is 6.15. The third-order valence-electron chi connectivity index (χ3n) is 3.59. The first kappa shape index (κ1) is 15.5. The fourth-order valence-corrected chi connectivity index (χ4v) is 3.24. The number of carboxylic acid groups (broad SMARTS) is 1. The highest BCUT2D eigenvalue weighted by Crippen LogP contribution is 2.38. The maximum Gasteiger partial charge on any atom is 0.415 e. The summed E-state index contributed by atoms with van der Waals surface area (Å²) in [6, 6.07) is 9.37. The Kier molecular flexibility index (Phi) is 4.29. The number of carboxylic acids is 1. The Hall–Kier alpha value is -2.41. The van der Waals surface area contributed by atoms with Gasteiger partial charge < -0.3 is 9.84 Å². The van der Waals surface area contributed by atoms with Gasteiger partial charge >= 0.3 is 12.1 Å². The first-order valence-corrected chi connectivity index (χ1v) is 8.04. The number of amides is 1. The van der Waals surface area contributed by atoms with Crippen molar-refractivity contribution in [1.29, 1.82) is 0 Å². The molecule has 6 nitrogen and oxygen atoms in total. The highest BCUT2D eigenvalue weighted by atomic mass is 32.1. The molecule has 1 amide bonds. The van der Waals surface area contributed by atoms with E-state index in [1.807, 2.05) is 30.3 Å². The molecule has 1 N–H and O–H groups in total. The molecule has 0 aliphatic heterocycles. The quantitative estimate of drug-likeness (QED) is 0.907. The van der Waals surface area contributed by atoms with Gasteiger partial charge in [-0.25, -0.2) is 9.59 Å². The van der Waals surface area contributed by atoms with E-state index in [1.165, 1.54) is 4.90 Å². The molecule has 0 spiro atoms. The Bertz CT molecular complexity index is 725. The van der Waals surface area contributed by atoms with Gasteiger partial charge in [0.05, 0.1) is 5.69 Å². The van der Waals surface area contributed by atoms with Crippen molar-refractivity contribution >= 4 is 28.6 Å². The van der Waals surface area contributed by atoms with Gasteiger partial charge in [-0.3, -0.25) is 4.90 Å². The van der Waals surface area contributed by atoms with Crippen molar-refractivity contribution in [2.45, 2.75) is 32.4 Å². The molecular weight excluding hydrogens is 316 g/mol. The molecule has 0 radical (unpaired) electrons. The van der Waals surface area contributed by atoms with E-state index in [9.17, 15) is 14.7 Å². The van der Waals surface area contributed by atoms with Crippen LogP contribution in [0.25, 0.3) is 0 Å². The lowest BCUT2D eigenvalue weighted by Crippen LogP contribution is -2.34. The topological polar surface area (TPSA) is 79.7 Å². The molecule has 1 aromatic carbocycles. The van der Waals surface area contributed by atoms with E-state index in [0.717, 1.165) is 29.9 Å². The van der Waals surface area contributed by atoms with Gasteiger partial charge in [-0.2, -0.15) is 4.37 Å². The van der Waals surface area contributed by atoms with Crippen LogP contribution >= 0.6 is 11.5 Å². The second kappa shape index (κ2) is 6.37. The van der Waals surface area contributed by atoms with Crippen molar-refractivity contribution < 1.29 is 19.4 Å². The minimum atomic E-state index is -1.08. The Labute approximate surface area is 137 Å². The second-order valence-electron chi connectivity index (χ2n) is 5.39. The molecular formula is C16H16N2O4S. The van der Waals surface area contributed by atoms with Gasteiger partial charge in [0.2, 0.25) is 0 Å². The van der Waals surface area contributed by atoms with Crippen molar-refractivity contribution in [2.24, 2.45) is 0 Å². The fourth-order valence-electron chi connectivity index (χ4n) is 2.29. The van der Waals surface area contributed by atoms with Gasteiger partial charge in [0.15, 0.2) is 0 Å². The van der Waals surface area contributed by atoms with Crippen molar-refractivity contribution in [3.05, 3.63) is 47.2 Å². The summed E-state index contributed by atoms with van der Waals surface area (Å²) in [6.07, 6.45) is 1.16. The molecule has 23 heavy (non-hydrogen) atoms. The number of aryl methyl sites for hydroxylation is 1. The molecule has 1 heterocycles. The summed E-state index contributed by atoms with van der Waals surface area (Å²) in [6.45, 7) is 1.78. The number of rotatable bonds is 5. The number of carbonyl (C=O) groups excluding carboxylic acids is 1. The normalized spacial score (nSPS) is 13.6. The van der Waals surface area contributed by atoms with Crippen molar-refractivity contribution in [2.75, 3.05) is 4.90 Å². The van der Waals surface area contributed by atoms with E-state index in [2.05, 4.69) is 4.37 Å². The van der Waals surface area contributed by atoms with E-state index in [4.69, 9.17) is 4.74 Å². The predicted molar refractivity (Wildman–Crippen MR) is 85.9 cm³/mol.